The topological polar surface area (TPSA) is 447 Å². The molecule has 3 rings (SSSR count). The highest BCUT2D eigenvalue weighted by molar-refractivity contribution is 7.66. The van der Waals surface area contributed by atoms with Gasteiger partial charge >= 0.3 is 37.3 Å². The first-order valence-electron chi connectivity index (χ1n) is 11.0. The molecule has 0 amide bonds. The second-order valence-electron chi connectivity index (χ2n) is 8.16. The standard InChI is InChI=1S/C10H16N5O13P3.C4H9N3O2.H3O4P/c11-8-5-9(13-2-12-8)15(3-14-5)10-7(17)6(16)4(26-10)1-25-30(21,22)28-31(23,24)27-29(18,19)20;1-7(4(5)6)2-3(8)9;1-5(2,3)4/h2-4,6-7,10,16-17H,1H2,(H,21,22)(H,23,24)(H2,11,12,13)(H2,18,19,20);2H2,1H3,(H3,5,6)(H,8,9);(H3,1,2,3,4)/t4-,6-,7-,10-;;/m1../s1. The predicted molar refractivity (Wildman–Crippen MR) is 142 cm³/mol. The van der Waals surface area contributed by atoms with Crippen LogP contribution in [-0.2, 0) is 40.9 Å². The van der Waals surface area contributed by atoms with Crippen LogP contribution in [0.1, 0.15) is 6.23 Å². The van der Waals surface area contributed by atoms with Gasteiger partial charge in [-0.25, -0.2) is 33.2 Å². The number of likely N-dealkylation sites (N-methyl/N-ethyl adjacent to an activating group) is 1. The molecule has 27 nitrogen and oxygen atoms in total. The van der Waals surface area contributed by atoms with Crippen LogP contribution in [0.25, 0.3) is 11.2 Å². The van der Waals surface area contributed by atoms with Crippen molar-refractivity contribution in [2.45, 2.75) is 24.5 Å². The number of fused-ring (bicyclic) bond motifs is 1. The van der Waals surface area contributed by atoms with E-state index in [1.54, 1.807) is 0 Å². The average Bonchev–Trinajstić information content (AvgIpc) is 3.36. The first kappa shape index (κ1) is 40.5. The Kier molecular flexibility index (Phi) is 14.3. The number of ether oxygens (including phenoxy) is 1. The lowest BCUT2D eigenvalue weighted by atomic mass is 10.1. The van der Waals surface area contributed by atoms with E-state index in [9.17, 15) is 33.6 Å². The maximum atomic E-state index is 11.8. The number of carbonyl (C=O) groups is 1. The third kappa shape index (κ3) is 14.6. The van der Waals surface area contributed by atoms with Crippen LogP contribution in [-0.4, -0.2) is 124 Å². The van der Waals surface area contributed by atoms with E-state index in [-0.39, 0.29) is 29.5 Å². The van der Waals surface area contributed by atoms with Crippen molar-refractivity contribution >= 4 is 60.2 Å². The highest BCUT2D eigenvalue weighted by Gasteiger charge is 2.47. The Labute approximate surface area is 249 Å². The summed E-state index contributed by atoms with van der Waals surface area (Å²) < 4.78 is 60.8. The highest BCUT2D eigenvalue weighted by atomic mass is 31.3. The van der Waals surface area contributed by atoms with E-state index < -0.39 is 68.4 Å². The number of phosphoric acid groups is 4. The first-order chi connectivity index (χ1) is 20.2. The summed E-state index contributed by atoms with van der Waals surface area (Å²) in [5.41, 5.74) is 10.9. The van der Waals surface area contributed by atoms with E-state index in [4.69, 9.17) is 60.6 Å². The second-order valence-corrected chi connectivity index (χ2v) is 13.6. The Balaban J connectivity index is 0.000000603. The monoisotopic (exact) mass is 736 g/mol. The van der Waals surface area contributed by atoms with Crippen LogP contribution < -0.4 is 11.5 Å². The predicted octanol–water partition coefficient (Wildman–Crippen LogP) is -3.66. The molecule has 1 aliphatic heterocycles. The van der Waals surface area contributed by atoms with Gasteiger partial charge in [0.1, 0.15) is 36.7 Å². The minimum absolute atomic E-state index is 0.0426. The summed E-state index contributed by atoms with van der Waals surface area (Å²) >= 11 is 0. The van der Waals surface area contributed by atoms with Crippen molar-refractivity contribution in [1.82, 2.24) is 24.4 Å². The zero-order chi connectivity index (χ0) is 35.1. The minimum atomic E-state index is -5.70. The summed E-state index contributed by atoms with van der Waals surface area (Å²) in [6.45, 7) is -1.18. The number of aliphatic carboxylic acids is 1. The van der Waals surface area contributed by atoms with E-state index in [0.717, 1.165) is 11.2 Å². The molecule has 0 spiro atoms. The molecule has 0 saturated carbocycles. The lowest BCUT2D eigenvalue weighted by Gasteiger charge is -2.19. The number of nitrogen functional groups attached to an aromatic ring is 1. The van der Waals surface area contributed by atoms with Gasteiger partial charge in [0.2, 0.25) is 0 Å². The number of carboxylic acid groups (broad SMARTS) is 1. The van der Waals surface area contributed by atoms with Gasteiger partial charge in [-0.05, 0) is 0 Å². The fourth-order valence-electron chi connectivity index (χ4n) is 2.91. The molecule has 6 atom stereocenters. The summed E-state index contributed by atoms with van der Waals surface area (Å²) in [6, 6.07) is 0. The van der Waals surface area contributed by atoms with Crippen LogP contribution >= 0.6 is 31.3 Å². The molecule has 0 aliphatic carbocycles. The number of aliphatic hydroxyl groups is 2. The summed E-state index contributed by atoms with van der Waals surface area (Å²) in [4.78, 5) is 79.8. The number of nitrogens with one attached hydrogen (secondary N) is 1. The highest BCUT2D eigenvalue weighted by Crippen LogP contribution is 2.66. The van der Waals surface area contributed by atoms with Gasteiger partial charge in [0.15, 0.2) is 23.7 Å². The van der Waals surface area contributed by atoms with Crippen LogP contribution in [0.3, 0.4) is 0 Å². The zero-order valence-corrected chi connectivity index (χ0v) is 25.8. The number of carboxylic acids is 1. The van der Waals surface area contributed by atoms with E-state index in [2.05, 4.69) is 28.1 Å². The van der Waals surface area contributed by atoms with Crippen molar-refractivity contribution in [1.29, 1.82) is 5.41 Å². The number of hydrogen-bond donors (Lipinski definition) is 13. The summed E-state index contributed by atoms with van der Waals surface area (Å²) in [7, 11) is -19.9. The normalized spacial score (nSPS) is 22.6. The van der Waals surface area contributed by atoms with Gasteiger partial charge in [-0.1, -0.05) is 0 Å². The summed E-state index contributed by atoms with van der Waals surface area (Å²) in [5.74, 6) is -1.19. The number of nitrogens with two attached hydrogens (primary N) is 2. The van der Waals surface area contributed by atoms with E-state index in [0.29, 0.717) is 0 Å². The SMILES string of the molecule is CN(CC(=O)O)C(=N)N.Nc1ncnc2c1ncn2[C@@H]1O[C@H](COP(=O)(O)OP(=O)(O)OP(=O)(O)O)[C@@H](O)[C@H]1O.O=P(O)(O)O. The summed E-state index contributed by atoms with van der Waals surface area (Å²) in [5, 5.41) is 35.3. The van der Waals surface area contributed by atoms with Gasteiger partial charge in [-0.3, -0.25) is 19.3 Å². The average molecular weight is 736 g/mol. The smallest absolute Gasteiger partial charge is 0.480 e. The Hall–Kier alpha value is -2.51. The Morgan fingerprint density at radius 1 is 1.02 bits per heavy atom. The Bertz CT molecular complexity index is 1520. The van der Waals surface area contributed by atoms with Crippen LogP contribution in [0.15, 0.2) is 12.7 Å². The number of aromatic nitrogens is 4. The fourth-order valence-corrected chi connectivity index (χ4v) is 5.94. The van der Waals surface area contributed by atoms with Gasteiger partial charge in [-0.15, -0.1) is 0 Å². The van der Waals surface area contributed by atoms with Crippen molar-refractivity contribution in [3.05, 3.63) is 12.7 Å². The van der Waals surface area contributed by atoms with Gasteiger partial charge in [0.05, 0.1) is 12.9 Å². The molecule has 2 unspecified atom stereocenters. The largest absolute Gasteiger partial charge is 0.490 e. The quantitative estimate of drug-likeness (QED) is 0.0635. The number of nitrogens with zero attached hydrogens (tertiary/aromatic N) is 5. The van der Waals surface area contributed by atoms with Crippen LogP contribution in [0, 0.1) is 5.41 Å². The first-order valence-corrected chi connectivity index (χ1v) is 17.1. The number of imidazole rings is 1. The molecule has 3 heterocycles. The number of anilines is 1. The lowest BCUT2D eigenvalue weighted by molar-refractivity contribution is -0.137. The molecule has 0 aromatic carbocycles. The Morgan fingerprint density at radius 2 is 1.58 bits per heavy atom. The fraction of sp³-hybridized carbons (Fsp3) is 0.500. The van der Waals surface area contributed by atoms with Crippen LogP contribution in [0.4, 0.5) is 5.82 Å². The molecule has 31 heteroatoms. The molecule has 2 aromatic rings. The van der Waals surface area contributed by atoms with Gasteiger partial charge in [0.25, 0.3) is 0 Å². The van der Waals surface area contributed by atoms with Gasteiger partial charge in [0, 0.05) is 7.05 Å². The van der Waals surface area contributed by atoms with Crippen LogP contribution in [0.5, 0.6) is 0 Å². The second kappa shape index (κ2) is 15.9. The molecule has 15 N–H and O–H groups in total. The molecule has 258 valence electrons. The maximum absolute atomic E-state index is 11.8. The zero-order valence-electron chi connectivity index (χ0n) is 22.2. The third-order valence-corrected chi connectivity index (χ3v) is 8.40. The maximum Gasteiger partial charge on any atom is 0.490 e. The van der Waals surface area contributed by atoms with Gasteiger partial charge in [-0.2, -0.15) is 8.62 Å². The molecular formula is C14H28N8O19P4. The van der Waals surface area contributed by atoms with Crippen molar-refractivity contribution < 1.29 is 90.5 Å². The molecule has 2 aromatic heterocycles. The summed E-state index contributed by atoms with van der Waals surface area (Å²) in [6.07, 6.45) is -3.69. The van der Waals surface area contributed by atoms with Crippen molar-refractivity contribution in [2.24, 2.45) is 5.73 Å². The number of rotatable bonds is 10. The molecule has 1 fully saturated rings. The van der Waals surface area contributed by atoms with E-state index in [1.165, 1.54) is 17.9 Å². The van der Waals surface area contributed by atoms with Crippen LogP contribution in [0.2, 0.25) is 0 Å². The molecular weight excluding hydrogens is 708 g/mol. The minimum Gasteiger partial charge on any atom is -0.480 e. The molecule has 1 aliphatic rings. The van der Waals surface area contributed by atoms with Crippen molar-refractivity contribution in [3.63, 3.8) is 0 Å². The number of hydrogen-bond acceptors (Lipinski definition) is 16. The lowest BCUT2D eigenvalue weighted by Crippen LogP contribution is -2.36. The Morgan fingerprint density at radius 3 is 2.04 bits per heavy atom. The molecule has 1 saturated heterocycles. The molecule has 45 heavy (non-hydrogen) atoms. The molecule has 0 bridgehead atoms. The van der Waals surface area contributed by atoms with Crippen molar-refractivity contribution in [3.8, 4) is 0 Å². The number of guanidine groups is 1. The van der Waals surface area contributed by atoms with Gasteiger partial charge < -0.3 is 70.7 Å². The molecule has 0 radical (unpaired) electrons. The number of phosphoric ester groups is 1. The number of aliphatic hydroxyl groups excluding tert-OH is 2. The van der Waals surface area contributed by atoms with E-state index in [1.807, 2.05) is 0 Å². The third-order valence-electron chi connectivity index (χ3n) is 4.60. The van der Waals surface area contributed by atoms with E-state index >= 15 is 0 Å². The van der Waals surface area contributed by atoms with Crippen molar-refractivity contribution in [2.75, 3.05) is 25.9 Å².